The Hall–Kier alpha value is -3.32. The number of nitrogens with zero attached hydrogens (tertiary/aromatic N) is 2. The van der Waals surface area contributed by atoms with E-state index in [0.29, 0.717) is 11.4 Å². The Morgan fingerprint density at radius 2 is 1.68 bits per heavy atom. The zero-order chi connectivity index (χ0) is 19.7. The standard InChI is InChI=1S/C21H19N3O4/c1-21-12-11-16(28-21)17(20(26)27)18(21)19(25)22-13-7-9-15(10-8-13)24-23-14-5-3-2-4-6-14/h2-12,16-18H,1H3,(H,22,25)(H,26,27)/t16-,17-,18+,21+/m1/s1. The third-order valence-electron chi connectivity index (χ3n) is 5.08. The summed E-state index contributed by atoms with van der Waals surface area (Å²) in [5, 5.41) is 20.6. The molecule has 1 saturated heterocycles. The third-order valence-corrected chi connectivity index (χ3v) is 5.08. The third kappa shape index (κ3) is 3.32. The number of rotatable bonds is 5. The molecule has 0 spiro atoms. The molecule has 0 radical (unpaired) electrons. The minimum absolute atomic E-state index is 0.375. The zero-order valence-electron chi connectivity index (χ0n) is 15.1. The van der Waals surface area contributed by atoms with Crippen LogP contribution in [0.15, 0.2) is 77.0 Å². The molecule has 0 aliphatic carbocycles. The molecule has 2 N–H and O–H groups in total. The lowest BCUT2D eigenvalue weighted by molar-refractivity contribution is -0.146. The SMILES string of the molecule is C[C@@]12C=C[C@@H](O1)[C@@H](C(=O)O)[C@H]2C(=O)Nc1ccc(N=Nc2ccccc2)cc1. The first-order valence-electron chi connectivity index (χ1n) is 8.94. The van der Waals surface area contributed by atoms with Gasteiger partial charge in [-0.25, -0.2) is 0 Å². The molecule has 0 saturated carbocycles. The predicted octanol–water partition coefficient (Wildman–Crippen LogP) is 4.08. The first-order valence-corrected chi connectivity index (χ1v) is 8.94. The molecule has 2 aromatic carbocycles. The van der Waals surface area contributed by atoms with Gasteiger partial charge in [-0.15, -0.1) is 0 Å². The van der Waals surface area contributed by atoms with E-state index in [1.54, 1.807) is 43.3 Å². The maximum atomic E-state index is 12.8. The molecule has 2 aliphatic rings. The monoisotopic (exact) mass is 377 g/mol. The van der Waals surface area contributed by atoms with Crippen LogP contribution in [0.1, 0.15) is 6.92 Å². The van der Waals surface area contributed by atoms with Crippen LogP contribution >= 0.6 is 0 Å². The Kier molecular flexibility index (Phi) is 4.52. The first kappa shape index (κ1) is 18.1. The number of amides is 1. The van der Waals surface area contributed by atoms with Crippen LogP contribution in [0.5, 0.6) is 0 Å². The Morgan fingerprint density at radius 3 is 2.32 bits per heavy atom. The summed E-state index contributed by atoms with van der Waals surface area (Å²) in [6.07, 6.45) is 2.92. The van der Waals surface area contributed by atoms with Gasteiger partial charge < -0.3 is 15.2 Å². The summed E-state index contributed by atoms with van der Waals surface area (Å²) in [6, 6.07) is 16.2. The number of benzene rings is 2. The first-order chi connectivity index (χ1) is 13.5. The lowest BCUT2D eigenvalue weighted by Gasteiger charge is -2.27. The van der Waals surface area contributed by atoms with Crippen molar-refractivity contribution >= 4 is 28.9 Å². The average molecular weight is 377 g/mol. The summed E-state index contributed by atoms with van der Waals surface area (Å²) in [5.74, 6) is -3.10. The number of hydrogen-bond acceptors (Lipinski definition) is 5. The van der Waals surface area contributed by atoms with Crippen molar-refractivity contribution in [1.29, 1.82) is 0 Å². The second-order valence-electron chi connectivity index (χ2n) is 7.04. The van der Waals surface area contributed by atoms with Gasteiger partial charge >= 0.3 is 5.97 Å². The van der Waals surface area contributed by atoms with E-state index in [0.717, 1.165) is 5.69 Å². The molecule has 1 amide bonds. The fourth-order valence-electron chi connectivity index (χ4n) is 3.72. The summed E-state index contributed by atoms with van der Waals surface area (Å²) in [6.45, 7) is 1.74. The topological polar surface area (TPSA) is 100 Å². The van der Waals surface area contributed by atoms with Crippen LogP contribution in [-0.4, -0.2) is 28.7 Å². The normalized spacial score (nSPS) is 28.0. The van der Waals surface area contributed by atoms with Crippen LogP contribution in [0.3, 0.4) is 0 Å². The lowest BCUT2D eigenvalue weighted by Crippen LogP contribution is -2.44. The number of carbonyl (C=O) groups excluding carboxylic acids is 1. The molecule has 2 aliphatic heterocycles. The summed E-state index contributed by atoms with van der Waals surface area (Å²) < 4.78 is 5.72. The maximum absolute atomic E-state index is 12.8. The number of carboxylic acid groups (broad SMARTS) is 1. The van der Waals surface area contributed by atoms with Gasteiger partial charge in [-0.05, 0) is 43.3 Å². The summed E-state index contributed by atoms with van der Waals surface area (Å²) in [4.78, 5) is 24.4. The summed E-state index contributed by atoms with van der Waals surface area (Å²) >= 11 is 0. The van der Waals surface area contributed by atoms with Crippen LogP contribution in [0, 0.1) is 11.8 Å². The quantitative estimate of drug-likeness (QED) is 0.605. The van der Waals surface area contributed by atoms with E-state index in [-0.39, 0.29) is 5.91 Å². The zero-order valence-corrected chi connectivity index (χ0v) is 15.1. The highest BCUT2D eigenvalue weighted by atomic mass is 16.5. The van der Waals surface area contributed by atoms with Crippen LogP contribution in [-0.2, 0) is 14.3 Å². The van der Waals surface area contributed by atoms with Crippen molar-refractivity contribution in [3.8, 4) is 0 Å². The lowest BCUT2D eigenvalue weighted by atomic mass is 9.75. The van der Waals surface area contributed by atoms with Crippen molar-refractivity contribution in [3.05, 3.63) is 66.7 Å². The van der Waals surface area contributed by atoms with Gasteiger partial charge in [0, 0.05) is 5.69 Å². The van der Waals surface area contributed by atoms with Crippen molar-refractivity contribution in [2.24, 2.45) is 22.1 Å². The Bertz CT molecular complexity index is 955. The van der Waals surface area contributed by atoms with Gasteiger partial charge in [0.2, 0.25) is 5.91 Å². The molecule has 0 unspecified atom stereocenters. The van der Waals surface area contributed by atoms with Gasteiger partial charge in [-0.1, -0.05) is 30.4 Å². The predicted molar refractivity (Wildman–Crippen MR) is 103 cm³/mol. The van der Waals surface area contributed by atoms with Gasteiger partial charge in [0.1, 0.15) is 5.92 Å². The molecular weight excluding hydrogens is 358 g/mol. The summed E-state index contributed by atoms with van der Waals surface area (Å²) in [5.41, 5.74) is 1.05. The number of anilines is 1. The number of fused-ring (bicyclic) bond motifs is 2. The molecule has 1 fully saturated rings. The molecule has 2 heterocycles. The molecule has 0 aromatic heterocycles. The molecule has 7 heteroatoms. The molecule has 28 heavy (non-hydrogen) atoms. The Morgan fingerprint density at radius 1 is 1.04 bits per heavy atom. The number of hydrogen-bond donors (Lipinski definition) is 2. The fourth-order valence-corrected chi connectivity index (χ4v) is 3.72. The molecule has 2 bridgehead atoms. The summed E-state index contributed by atoms with van der Waals surface area (Å²) in [7, 11) is 0. The number of nitrogens with one attached hydrogen (secondary N) is 1. The van der Waals surface area contributed by atoms with E-state index < -0.39 is 29.5 Å². The van der Waals surface area contributed by atoms with E-state index >= 15 is 0 Å². The molecule has 4 rings (SSSR count). The number of carbonyl (C=O) groups is 2. The number of azo groups is 1. The van der Waals surface area contributed by atoms with E-state index in [9.17, 15) is 14.7 Å². The number of ether oxygens (including phenoxy) is 1. The van der Waals surface area contributed by atoms with Crippen LogP contribution in [0.4, 0.5) is 17.1 Å². The van der Waals surface area contributed by atoms with Gasteiger partial charge in [0.05, 0.1) is 29.0 Å². The Balaban J connectivity index is 1.46. The maximum Gasteiger partial charge on any atom is 0.310 e. The van der Waals surface area contributed by atoms with Crippen molar-refractivity contribution in [2.75, 3.05) is 5.32 Å². The van der Waals surface area contributed by atoms with Gasteiger partial charge in [-0.2, -0.15) is 10.2 Å². The molecular formula is C21H19N3O4. The number of carboxylic acids is 1. The fraction of sp³-hybridized carbons (Fsp3) is 0.238. The van der Waals surface area contributed by atoms with Crippen molar-refractivity contribution in [3.63, 3.8) is 0 Å². The highest BCUT2D eigenvalue weighted by Gasteiger charge is 2.59. The van der Waals surface area contributed by atoms with Crippen LogP contribution in [0.25, 0.3) is 0 Å². The van der Waals surface area contributed by atoms with E-state index in [1.165, 1.54) is 0 Å². The Labute approximate surface area is 161 Å². The molecule has 2 aromatic rings. The van der Waals surface area contributed by atoms with Crippen LogP contribution in [0.2, 0.25) is 0 Å². The highest BCUT2D eigenvalue weighted by Crippen LogP contribution is 2.47. The van der Waals surface area contributed by atoms with Gasteiger partial charge in [0.25, 0.3) is 0 Å². The van der Waals surface area contributed by atoms with Crippen LogP contribution < -0.4 is 5.32 Å². The van der Waals surface area contributed by atoms with E-state index in [1.807, 2.05) is 30.3 Å². The minimum atomic E-state index is -1.03. The average Bonchev–Trinajstić information content (AvgIpc) is 3.22. The second-order valence-corrected chi connectivity index (χ2v) is 7.04. The highest BCUT2D eigenvalue weighted by molar-refractivity contribution is 5.97. The van der Waals surface area contributed by atoms with E-state index in [2.05, 4.69) is 15.5 Å². The number of aliphatic carboxylic acids is 1. The van der Waals surface area contributed by atoms with Gasteiger partial charge in [-0.3, -0.25) is 9.59 Å². The largest absolute Gasteiger partial charge is 0.481 e. The van der Waals surface area contributed by atoms with E-state index in [4.69, 9.17) is 4.74 Å². The van der Waals surface area contributed by atoms with Crippen molar-refractivity contribution < 1.29 is 19.4 Å². The second kappa shape index (κ2) is 7.01. The molecule has 4 atom stereocenters. The molecule has 7 nitrogen and oxygen atoms in total. The van der Waals surface area contributed by atoms with Crippen molar-refractivity contribution in [1.82, 2.24) is 0 Å². The minimum Gasteiger partial charge on any atom is -0.481 e. The van der Waals surface area contributed by atoms with Gasteiger partial charge in [0.15, 0.2) is 0 Å². The smallest absolute Gasteiger partial charge is 0.310 e. The van der Waals surface area contributed by atoms with Crippen molar-refractivity contribution in [2.45, 2.75) is 18.6 Å². The molecule has 142 valence electrons.